The summed E-state index contributed by atoms with van der Waals surface area (Å²) >= 11 is 0. The highest BCUT2D eigenvalue weighted by Crippen LogP contribution is 2.28. The van der Waals surface area contributed by atoms with Crippen molar-refractivity contribution in [3.8, 4) is 0 Å². The summed E-state index contributed by atoms with van der Waals surface area (Å²) < 4.78 is 0. The molecule has 1 aromatic rings. The molecule has 0 bridgehead atoms. The van der Waals surface area contributed by atoms with Crippen LogP contribution < -0.4 is 10.9 Å². The Morgan fingerprint density at radius 2 is 1.96 bits per heavy atom. The average molecular weight is 330 g/mol. The first-order valence-electron chi connectivity index (χ1n) is 9.20. The maximum absolute atomic E-state index is 12.6. The van der Waals surface area contributed by atoms with E-state index in [4.69, 9.17) is 0 Å². The maximum atomic E-state index is 12.6. The first kappa shape index (κ1) is 16.9. The van der Waals surface area contributed by atoms with Crippen LogP contribution in [0.3, 0.4) is 0 Å². The normalized spacial score (nSPS) is 19.6. The van der Waals surface area contributed by atoms with Crippen LogP contribution in [-0.4, -0.2) is 22.7 Å². The van der Waals surface area contributed by atoms with E-state index in [2.05, 4.69) is 17.2 Å². The second kappa shape index (κ2) is 7.32. The van der Waals surface area contributed by atoms with Gasteiger partial charge in [0.25, 0.3) is 11.5 Å². The summed E-state index contributed by atoms with van der Waals surface area (Å²) in [4.78, 5) is 39.7. The van der Waals surface area contributed by atoms with Gasteiger partial charge in [-0.05, 0) is 44.1 Å². The fourth-order valence-electron chi connectivity index (χ4n) is 4.08. The van der Waals surface area contributed by atoms with E-state index in [1.165, 1.54) is 25.3 Å². The lowest BCUT2D eigenvalue weighted by molar-refractivity contribution is 0.0909. The van der Waals surface area contributed by atoms with E-state index in [-0.39, 0.29) is 28.9 Å². The minimum Gasteiger partial charge on any atom is -0.349 e. The number of nitrogens with one attached hydrogen (secondary N) is 2. The fraction of sp³-hybridized carbons (Fsp3) is 0.632. The number of ketones is 1. The number of amides is 1. The van der Waals surface area contributed by atoms with Crippen LogP contribution in [0.2, 0.25) is 0 Å². The molecule has 0 aliphatic heterocycles. The van der Waals surface area contributed by atoms with E-state index >= 15 is 0 Å². The quantitative estimate of drug-likeness (QED) is 0.891. The molecule has 1 atom stereocenters. The van der Waals surface area contributed by atoms with E-state index in [9.17, 15) is 14.4 Å². The lowest BCUT2D eigenvalue weighted by atomic mass is 9.83. The molecule has 1 heterocycles. The second-order valence-electron chi connectivity index (χ2n) is 7.07. The van der Waals surface area contributed by atoms with Crippen molar-refractivity contribution in [1.82, 2.24) is 10.3 Å². The molecular formula is C19H26N2O3. The number of hydrogen-bond acceptors (Lipinski definition) is 3. The zero-order valence-corrected chi connectivity index (χ0v) is 14.3. The topological polar surface area (TPSA) is 79.0 Å². The molecule has 1 aromatic heterocycles. The van der Waals surface area contributed by atoms with Crippen molar-refractivity contribution in [3.05, 3.63) is 33.2 Å². The molecular weight excluding hydrogens is 304 g/mol. The summed E-state index contributed by atoms with van der Waals surface area (Å²) in [6.07, 6.45) is 8.77. The molecule has 1 unspecified atom stereocenters. The number of aryl methyl sites for hydroxylation is 1. The SMILES string of the molecule is CCC(NC(=O)c1cc2c([nH]c1=O)CCCC2=O)C1CCCCC1. The van der Waals surface area contributed by atoms with E-state index in [0.29, 0.717) is 30.0 Å². The van der Waals surface area contributed by atoms with Gasteiger partial charge in [-0.15, -0.1) is 0 Å². The first-order valence-corrected chi connectivity index (χ1v) is 9.20. The van der Waals surface area contributed by atoms with Gasteiger partial charge in [0.1, 0.15) is 5.56 Å². The van der Waals surface area contributed by atoms with Crippen LogP contribution in [0.1, 0.15) is 84.7 Å². The average Bonchev–Trinajstić information content (AvgIpc) is 2.60. The highest BCUT2D eigenvalue weighted by molar-refractivity contribution is 6.01. The maximum Gasteiger partial charge on any atom is 0.261 e. The molecule has 130 valence electrons. The summed E-state index contributed by atoms with van der Waals surface area (Å²) in [7, 11) is 0. The lowest BCUT2D eigenvalue weighted by Crippen LogP contribution is -2.42. The highest BCUT2D eigenvalue weighted by Gasteiger charge is 2.26. The zero-order chi connectivity index (χ0) is 17.1. The second-order valence-corrected chi connectivity index (χ2v) is 7.07. The molecule has 3 rings (SSSR count). The molecule has 0 spiro atoms. The Kier molecular flexibility index (Phi) is 5.17. The molecule has 2 N–H and O–H groups in total. The van der Waals surface area contributed by atoms with Crippen molar-refractivity contribution < 1.29 is 9.59 Å². The molecule has 1 amide bonds. The number of fused-ring (bicyclic) bond motifs is 1. The number of rotatable bonds is 4. The number of hydrogen-bond donors (Lipinski definition) is 2. The minimum atomic E-state index is -0.389. The van der Waals surface area contributed by atoms with Gasteiger partial charge in [0, 0.05) is 23.7 Å². The van der Waals surface area contributed by atoms with Crippen molar-refractivity contribution in [2.24, 2.45) is 5.92 Å². The van der Waals surface area contributed by atoms with Crippen molar-refractivity contribution in [2.75, 3.05) is 0 Å². The molecule has 0 aromatic carbocycles. The lowest BCUT2D eigenvalue weighted by Gasteiger charge is -2.30. The van der Waals surface area contributed by atoms with Gasteiger partial charge in [0.15, 0.2) is 5.78 Å². The summed E-state index contributed by atoms with van der Waals surface area (Å²) in [5.41, 5.74) is 0.863. The Balaban J connectivity index is 1.80. The third-order valence-corrected chi connectivity index (χ3v) is 5.47. The fourth-order valence-corrected chi connectivity index (χ4v) is 4.08. The Morgan fingerprint density at radius 3 is 2.67 bits per heavy atom. The van der Waals surface area contributed by atoms with Gasteiger partial charge in [-0.25, -0.2) is 0 Å². The summed E-state index contributed by atoms with van der Waals surface area (Å²) in [5.74, 6) is 0.154. The van der Waals surface area contributed by atoms with Crippen LogP contribution in [0.5, 0.6) is 0 Å². The van der Waals surface area contributed by atoms with E-state index in [1.54, 1.807) is 0 Å². The standard InChI is InChI=1S/C19H26N2O3/c1-2-15(12-7-4-3-5-8-12)20-18(23)14-11-13-16(21-19(14)24)9-6-10-17(13)22/h11-12,15H,2-10H2,1H3,(H,20,23)(H,21,24). The van der Waals surface area contributed by atoms with Crippen molar-refractivity contribution in [3.63, 3.8) is 0 Å². The molecule has 1 saturated carbocycles. The van der Waals surface area contributed by atoms with Crippen LogP contribution in [0, 0.1) is 5.92 Å². The van der Waals surface area contributed by atoms with Gasteiger partial charge in [0.2, 0.25) is 0 Å². The smallest absolute Gasteiger partial charge is 0.261 e. The van der Waals surface area contributed by atoms with Crippen LogP contribution >= 0.6 is 0 Å². The Hall–Kier alpha value is -1.91. The van der Waals surface area contributed by atoms with Crippen molar-refractivity contribution >= 4 is 11.7 Å². The zero-order valence-electron chi connectivity index (χ0n) is 14.3. The summed E-state index contributed by atoms with van der Waals surface area (Å²) in [5, 5.41) is 3.04. The molecule has 2 aliphatic carbocycles. The highest BCUT2D eigenvalue weighted by atomic mass is 16.2. The monoisotopic (exact) mass is 330 g/mol. The van der Waals surface area contributed by atoms with Gasteiger partial charge in [-0.3, -0.25) is 14.4 Å². The molecule has 5 nitrogen and oxygen atoms in total. The third kappa shape index (κ3) is 3.45. The van der Waals surface area contributed by atoms with Crippen molar-refractivity contribution in [1.29, 1.82) is 0 Å². The molecule has 5 heteroatoms. The summed E-state index contributed by atoms with van der Waals surface area (Å²) in [6.45, 7) is 2.07. The molecule has 1 fully saturated rings. The Morgan fingerprint density at radius 1 is 1.21 bits per heavy atom. The molecule has 2 aliphatic rings. The van der Waals surface area contributed by atoms with Gasteiger partial charge in [-0.1, -0.05) is 26.2 Å². The number of H-pyrrole nitrogens is 1. The molecule has 0 radical (unpaired) electrons. The number of aromatic amines is 1. The third-order valence-electron chi connectivity index (χ3n) is 5.47. The van der Waals surface area contributed by atoms with Gasteiger partial charge < -0.3 is 10.3 Å². The van der Waals surface area contributed by atoms with Crippen LogP contribution in [0.25, 0.3) is 0 Å². The predicted octanol–water partition coefficient (Wildman–Crippen LogP) is 2.98. The number of carbonyl (C=O) groups is 2. The Labute approximate surface area is 142 Å². The van der Waals surface area contributed by atoms with Crippen molar-refractivity contribution in [2.45, 2.75) is 70.8 Å². The predicted molar refractivity (Wildman–Crippen MR) is 92.5 cm³/mol. The Bertz CT molecular complexity index is 686. The number of carbonyl (C=O) groups excluding carboxylic acids is 2. The molecule has 0 saturated heterocycles. The minimum absolute atomic E-state index is 0.0147. The van der Waals surface area contributed by atoms with E-state index in [0.717, 1.165) is 25.7 Å². The van der Waals surface area contributed by atoms with Crippen LogP contribution in [-0.2, 0) is 6.42 Å². The van der Waals surface area contributed by atoms with Crippen LogP contribution in [0.4, 0.5) is 0 Å². The van der Waals surface area contributed by atoms with Crippen LogP contribution in [0.15, 0.2) is 10.9 Å². The first-order chi connectivity index (χ1) is 11.6. The number of Topliss-reactive ketones (excluding diaryl/α,β-unsaturated/α-hetero) is 1. The largest absolute Gasteiger partial charge is 0.349 e. The van der Waals surface area contributed by atoms with Gasteiger partial charge in [0.05, 0.1) is 0 Å². The van der Waals surface area contributed by atoms with E-state index < -0.39 is 0 Å². The van der Waals surface area contributed by atoms with Gasteiger partial charge in [-0.2, -0.15) is 0 Å². The van der Waals surface area contributed by atoms with Gasteiger partial charge >= 0.3 is 0 Å². The number of pyridine rings is 1. The van der Waals surface area contributed by atoms with E-state index in [1.807, 2.05) is 0 Å². The number of aromatic nitrogens is 1. The molecule has 24 heavy (non-hydrogen) atoms. The summed E-state index contributed by atoms with van der Waals surface area (Å²) in [6, 6.07) is 1.60.